The van der Waals surface area contributed by atoms with Crippen LogP contribution in [0.4, 0.5) is 0 Å². The molecule has 552 valence electrons. The third kappa shape index (κ3) is 18.8. The highest BCUT2D eigenvalue weighted by Crippen LogP contribution is 2.39. The largest absolute Gasteiger partial charge is 0.547 e. The molecular formula is C84H96N6O15. The van der Waals surface area contributed by atoms with Gasteiger partial charge in [-0.1, -0.05) is 109 Å². The Hall–Kier alpha value is -9.78. The summed E-state index contributed by atoms with van der Waals surface area (Å²) in [5.74, 6) is 1.79. The average molecular weight is 1430 g/mol. The normalized spacial score (nSPS) is 24.7. The van der Waals surface area contributed by atoms with Crippen LogP contribution in [0.15, 0.2) is 220 Å². The molecule has 3 unspecified atom stereocenters. The number of aromatic nitrogens is 3. The minimum absolute atomic E-state index is 0.261. The Morgan fingerprint density at radius 1 is 0.410 bits per heavy atom. The number of carbonyl (C=O) groups excluding carboxylic acids is 3. The van der Waals surface area contributed by atoms with E-state index >= 15 is 0 Å². The van der Waals surface area contributed by atoms with E-state index in [1.807, 2.05) is 72.8 Å². The van der Waals surface area contributed by atoms with Crippen molar-refractivity contribution in [2.24, 2.45) is 35.5 Å². The van der Waals surface area contributed by atoms with Crippen LogP contribution in [-0.2, 0) is 14.4 Å². The van der Waals surface area contributed by atoms with E-state index in [-0.39, 0.29) is 18.1 Å². The minimum Gasteiger partial charge on any atom is -0.547 e. The molecule has 0 saturated carbocycles. The standard InChI is InChI=1S/3C20H24N2O2.3C8H8O3/c3*1-3-13-12-22-9-7-14(13)10-19(22)20(23)16-6-8-21-18-5-4-15(24-2)11-17(16)18;3*9-7(8(10)11)6-4-2-1-3-5-6/h3*3-6,8,11,13-14,19-20,23H,1,7,9-10,12H2,2H3;3*1-5,7,9H,(H,10,11)/t3*13-,14-,19-,20+;3*7-/m000111/s1. The van der Waals surface area contributed by atoms with Crippen LogP contribution < -0.4 is 44.2 Å². The van der Waals surface area contributed by atoms with Gasteiger partial charge in [0.15, 0.2) is 0 Å². The maximum atomic E-state index is 11.2. The zero-order valence-electron chi connectivity index (χ0n) is 59.5. The van der Waals surface area contributed by atoms with Crippen LogP contribution in [0.5, 0.6) is 17.2 Å². The van der Waals surface area contributed by atoms with Crippen molar-refractivity contribution < 1.29 is 89.3 Å². The Bertz CT molecular complexity index is 3940. The summed E-state index contributed by atoms with van der Waals surface area (Å²) in [5, 5.41) is 93.7. The first kappa shape index (κ1) is 77.8. The fraction of sp³-hybridized carbons (Fsp3) is 0.357. The van der Waals surface area contributed by atoms with Crippen LogP contribution in [0.2, 0.25) is 0 Å². The van der Waals surface area contributed by atoms with Gasteiger partial charge in [-0.15, -0.1) is 19.7 Å². The summed E-state index contributed by atoms with van der Waals surface area (Å²) in [6.07, 6.45) is 12.7. The number of benzene rings is 6. The lowest BCUT2D eigenvalue weighted by Gasteiger charge is -2.47. The number of aliphatic hydroxyl groups excluding tert-OH is 6. The molecule has 0 aliphatic carbocycles. The highest BCUT2D eigenvalue weighted by atomic mass is 16.5. The van der Waals surface area contributed by atoms with E-state index in [0.29, 0.717) is 52.2 Å². The molecule has 9 aliphatic rings. The van der Waals surface area contributed by atoms with Crippen molar-refractivity contribution in [3.8, 4) is 17.2 Å². The Morgan fingerprint density at radius 3 is 0.876 bits per heavy atom. The van der Waals surface area contributed by atoms with E-state index < -0.39 is 54.5 Å². The minimum atomic E-state index is -1.52. The lowest BCUT2D eigenvalue weighted by atomic mass is 9.73. The number of aliphatic hydroxyl groups is 6. The van der Waals surface area contributed by atoms with Gasteiger partial charge in [-0.05, 0) is 124 Å². The molecule has 105 heavy (non-hydrogen) atoms. The molecule has 18 rings (SSSR count). The second-order valence-electron chi connectivity index (χ2n) is 27.8. The first-order chi connectivity index (χ1) is 50.8. The number of carbonyl (C=O) groups is 3. The van der Waals surface area contributed by atoms with Crippen LogP contribution in [0.25, 0.3) is 32.7 Å². The maximum Gasteiger partial charge on any atom is 0.131 e. The number of rotatable bonds is 18. The molecular weight excluding hydrogens is 1330 g/mol. The number of carboxylic acids is 3. The number of hydrogen-bond acceptors (Lipinski definition) is 18. The number of hydrogen-bond donors (Lipinski definition) is 9. The third-order valence-electron chi connectivity index (χ3n) is 22.0. The Morgan fingerprint density at radius 2 is 0.667 bits per heavy atom. The fourth-order valence-electron chi connectivity index (χ4n) is 16.3. The molecule has 9 aliphatic heterocycles. The van der Waals surface area contributed by atoms with Gasteiger partial charge in [-0.2, -0.15) is 0 Å². The number of fused-ring (bicyclic) bond motifs is 12. The highest BCUT2D eigenvalue weighted by Gasteiger charge is 2.48. The third-order valence-corrected chi connectivity index (χ3v) is 22.0. The van der Waals surface area contributed by atoms with Gasteiger partial charge >= 0.3 is 0 Å². The van der Waals surface area contributed by atoms with Crippen LogP contribution in [-0.4, -0.2) is 142 Å². The van der Waals surface area contributed by atoms with Gasteiger partial charge in [-0.3, -0.25) is 15.0 Å². The predicted octanol–water partition coefficient (Wildman–Crippen LogP) is 3.68. The molecule has 9 saturated heterocycles. The Balaban J connectivity index is 0.000000140. The molecule has 0 amide bonds. The fourth-order valence-corrected chi connectivity index (χ4v) is 16.3. The van der Waals surface area contributed by atoms with Crippen molar-refractivity contribution in [3.05, 3.63) is 254 Å². The van der Waals surface area contributed by atoms with E-state index in [4.69, 9.17) is 29.5 Å². The van der Waals surface area contributed by atoms with Crippen molar-refractivity contribution in [1.29, 1.82) is 0 Å². The van der Waals surface area contributed by atoms with Gasteiger partial charge in [-0.25, -0.2) is 0 Å². The molecule has 18 atom stereocenters. The summed E-state index contributed by atoms with van der Waals surface area (Å²) in [5.41, 5.74) is 6.65. The molecule has 0 spiro atoms. The number of nitrogens with one attached hydrogen (secondary N) is 3. The molecule has 3 aromatic heterocycles. The first-order valence-corrected chi connectivity index (χ1v) is 35.8. The molecule has 9 fully saturated rings. The first-order valence-electron chi connectivity index (χ1n) is 35.8. The summed E-state index contributed by atoms with van der Waals surface area (Å²) >= 11 is 0. The summed E-state index contributed by atoms with van der Waals surface area (Å²) in [6.45, 7) is 18.7. The van der Waals surface area contributed by atoms with E-state index in [9.17, 15) is 45.0 Å². The SMILES string of the molecule is C=C[C@H]1C[NH+]2CC[C@H]1C[C@H]2[C@H](O)c1ccnc2ccc(OC)cc12.C=C[C@H]1C[NH+]2CC[C@H]1C[C@H]2[C@H](O)c1ccnc2ccc(OC)cc12.C=C[C@H]1C[NH+]2CC[C@H]1C[C@H]2[C@H](O)c1ccnc2ccc(OC)cc12.O=C([O-])[C@H](O)c1ccccc1.O=C([O-])[C@H](O)c1ccccc1.O=C([O-])[C@H](O)c1ccccc1. The van der Waals surface area contributed by atoms with Crippen LogP contribution in [0.3, 0.4) is 0 Å². The number of methoxy groups -OCH3 is 3. The van der Waals surface area contributed by atoms with Gasteiger partial charge in [0.05, 0.1) is 95.1 Å². The molecule has 21 heteroatoms. The molecule has 12 heterocycles. The second kappa shape index (κ2) is 36.8. The van der Waals surface area contributed by atoms with E-state index in [0.717, 1.165) is 125 Å². The van der Waals surface area contributed by atoms with Crippen molar-refractivity contribution >= 4 is 50.6 Å². The lowest BCUT2D eigenvalue weighted by Crippen LogP contribution is -3.20. The summed E-state index contributed by atoms with van der Waals surface area (Å²) in [4.78, 5) is 48.3. The van der Waals surface area contributed by atoms with Gasteiger partial charge in [0.2, 0.25) is 0 Å². The van der Waals surface area contributed by atoms with Crippen LogP contribution >= 0.6 is 0 Å². The maximum absolute atomic E-state index is 11.2. The highest BCUT2D eigenvalue weighted by molar-refractivity contribution is 5.86. The van der Waals surface area contributed by atoms with Crippen molar-refractivity contribution in [1.82, 2.24) is 15.0 Å². The number of piperidine rings is 9. The average Bonchev–Trinajstić information content (AvgIpc) is 0.778. The van der Waals surface area contributed by atoms with Gasteiger partial charge in [0.25, 0.3) is 0 Å². The lowest BCUT2D eigenvalue weighted by molar-refractivity contribution is -0.949. The van der Waals surface area contributed by atoms with Crippen molar-refractivity contribution in [2.45, 2.75) is 93.3 Å². The van der Waals surface area contributed by atoms with E-state index in [2.05, 4.69) is 52.9 Å². The second-order valence-corrected chi connectivity index (χ2v) is 27.8. The smallest absolute Gasteiger partial charge is 0.131 e. The van der Waals surface area contributed by atoms with Crippen LogP contribution in [0.1, 0.15) is 109 Å². The number of quaternary nitrogens is 3. The Kier molecular flexibility index (Phi) is 27.3. The Labute approximate surface area is 612 Å². The number of nitrogens with zero attached hydrogens (tertiary/aromatic N) is 3. The van der Waals surface area contributed by atoms with E-state index in [1.165, 1.54) is 70.4 Å². The topological polar surface area (TPSA) is 321 Å². The number of aliphatic carboxylic acids is 3. The van der Waals surface area contributed by atoms with E-state index in [1.54, 1.807) is 94.5 Å². The van der Waals surface area contributed by atoms with Crippen molar-refractivity contribution in [3.63, 3.8) is 0 Å². The molecule has 6 bridgehead atoms. The molecule has 9 aromatic rings. The molecule has 9 N–H and O–H groups in total. The molecule has 6 aromatic carbocycles. The number of carboxylic acid groups (broad SMARTS) is 3. The number of ether oxygens (including phenoxy) is 3. The zero-order chi connectivity index (χ0) is 74.8. The molecule has 21 nitrogen and oxygen atoms in total. The number of pyridine rings is 3. The van der Waals surface area contributed by atoms with Crippen LogP contribution in [0, 0.1) is 35.5 Å². The predicted molar refractivity (Wildman–Crippen MR) is 392 cm³/mol. The van der Waals surface area contributed by atoms with Gasteiger partial charge in [0, 0.05) is 91.0 Å². The zero-order valence-corrected chi connectivity index (χ0v) is 59.5. The van der Waals surface area contributed by atoms with Gasteiger partial charge in [0.1, 0.15) is 72.0 Å². The summed E-state index contributed by atoms with van der Waals surface area (Å²) < 4.78 is 16.1. The van der Waals surface area contributed by atoms with Crippen molar-refractivity contribution in [2.75, 3.05) is 60.6 Å². The summed E-state index contributed by atoms with van der Waals surface area (Å²) in [7, 11) is 5.00. The molecule has 0 radical (unpaired) electrons. The summed E-state index contributed by atoms with van der Waals surface area (Å²) in [6, 6.07) is 48.5. The monoisotopic (exact) mass is 1430 g/mol. The quantitative estimate of drug-likeness (QED) is 0.0554. The van der Waals surface area contributed by atoms with Gasteiger partial charge < -0.3 is 89.3 Å².